The van der Waals surface area contributed by atoms with Gasteiger partial charge in [-0.2, -0.15) is 13.2 Å². The van der Waals surface area contributed by atoms with E-state index in [2.05, 4.69) is 30.9 Å². The van der Waals surface area contributed by atoms with Gasteiger partial charge in [0.1, 0.15) is 6.10 Å². The number of alkyl halides is 3. The van der Waals surface area contributed by atoms with Gasteiger partial charge < -0.3 is 24.5 Å². The lowest BCUT2D eigenvalue weighted by Gasteiger charge is -2.68. The van der Waals surface area contributed by atoms with Gasteiger partial charge in [-0.1, -0.05) is 18.2 Å². The van der Waals surface area contributed by atoms with E-state index >= 15 is 0 Å². The van der Waals surface area contributed by atoms with Crippen LogP contribution in [0.2, 0.25) is 0 Å². The maximum Gasteiger partial charge on any atom is 0.416 e. The van der Waals surface area contributed by atoms with Crippen LogP contribution in [-0.2, 0) is 22.8 Å². The summed E-state index contributed by atoms with van der Waals surface area (Å²) in [7, 11) is 8.18. The highest BCUT2D eigenvalue weighted by atomic mass is 19.4. The average molecular weight is 542 g/mol. The summed E-state index contributed by atoms with van der Waals surface area (Å²) in [4.78, 5) is 19.9. The van der Waals surface area contributed by atoms with E-state index in [0.29, 0.717) is 17.7 Å². The molecule has 6 rings (SSSR count). The minimum atomic E-state index is -4.45. The van der Waals surface area contributed by atoms with Crippen LogP contribution < -0.4 is 4.74 Å². The molecule has 2 bridgehead atoms. The number of hydrogen-bond acceptors (Lipinski definition) is 5. The van der Waals surface area contributed by atoms with E-state index in [1.54, 1.807) is 24.1 Å². The van der Waals surface area contributed by atoms with Crippen molar-refractivity contribution in [2.24, 2.45) is 0 Å². The number of piperidine rings is 1. The number of benzene rings is 2. The molecule has 1 amide bonds. The van der Waals surface area contributed by atoms with E-state index in [1.165, 1.54) is 23.8 Å². The van der Waals surface area contributed by atoms with Crippen LogP contribution >= 0.6 is 0 Å². The molecule has 6 nitrogen and oxygen atoms in total. The number of nitrogens with zero attached hydrogens (tertiary/aromatic N) is 3. The molecule has 2 aliphatic heterocycles. The molecule has 1 saturated carbocycles. The molecule has 1 spiro atoms. The summed E-state index contributed by atoms with van der Waals surface area (Å²) in [6.45, 7) is 0.883. The number of likely N-dealkylation sites (N-methyl/N-ethyl adjacent to an activating group) is 3. The van der Waals surface area contributed by atoms with Crippen LogP contribution in [0.5, 0.6) is 11.5 Å². The maximum atomic E-state index is 13.4. The highest BCUT2D eigenvalue weighted by Gasteiger charge is 2.74. The molecule has 2 fully saturated rings. The number of likely N-dealkylation sites (tertiary alicyclic amines) is 1. The normalized spacial score (nSPS) is 31.3. The standard InChI is InChI=1S/C30H34F3N3O3/c1-34(2)29-13-12-21(36(4)24(38)11-8-18-6-5-7-20(16-18)30(31,32)33)27-28(29)14-15-35(3)23(29)17-19-9-10-22(37)26(39-27)25(19)28/h5-11,16,21,23,27,37H,12-15,17H2,1-4H3/t21-,23-,27+,28+,29-/m1/s1. The lowest BCUT2D eigenvalue weighted by atomic mass is 9.46. The molecule has 5 atom stereocenters. The predicted octanol–water partition coefficient (Wildman–Crippen LogP) is 4.30. The van der Waals surface area contributed by atoms with Crippen molar-refractivity contribution in [3.05, 3.63) is 64.7 Å². The molecule has 1 N–H and O–H groups in total. The molecule has 2 aliphatic carbocycles. The zero-order chi connectivity index (χ0) is 27.9. The van der Waals surface area contributed by atoms with Gasteiger partial charge in [0.05, 0.1) is 17.0 Å². The van der Waals surface area contributed by atoms with Crippen molar-refractivity contribution in [3.8, 4) is 11.5 Å². The van der Waals surface area contributed by atoms with E-state index in [9.17, 15) is 23.1 Å². The predicted molar refractivity (Wildman–Crippen MR) is 142 cm³/mol. The lowest BCUT2D eigenvalue weighted by Crippen LogP contribution is -2.81. The fourth-order valence-corrected chi connectivity index (χ4v) is 8.31. The molecule has 39 heavy (non-hydrogen) atoms. The van der Waals surface area contributed by atoms with Crippen molar-refractivity contribution in [3.63, 3.8) is 0 Å². The van der Waals surface area contributed by atoms with E-state index in [-0.39, 0.29) is 35.4 Å². The van der Waals surface area contributed by atoms with Gasteiger partial charge >= 0.3 is 6.18 Å². The summed E-state index contributed by atoms with van der Waals surface area (Å²) < 4.78 is 46.1. The van der Waals surface area contributed by atoms with Gasteiger partial charge in [-0.25, -0.2) is 0 Å². The molecule has 2 heterocycles. The summed E-state index contributed by atoms with van der Waals surface area (Å²) in [5, 5.41) is 10.9. The van der Waals surface area contributed by atoms with Gasteiger partial charge in [0.15, 0.2) is 11.5 Å². The van der Waals surface area contributed by atoms with Crippen LogP contribution in [0.1, 0.15) is 41.5 Å². The van der Waals surface area contributed by atoms with Crippen molar-refractivity contribution in [2.45, 2.75) is 61.0 Å². The van der Waals surface area contributed by atoms with E-state index in [0.717, 1.165) is 43.5 Å². The van der Waals surface area contributed by atoms with Crippen LogP contribution in [-0.4, -0.2) is 84.2 Å². The summed E-state index contributed by atoms with van der Waals surface area (Å²) >= 11 is 0. The van der Waals surface area contributed by atoms with Crippen LogP contribution in [0.15, 0.2) is 42.5 Å². The maximum absolute atomic E-state index is 13.4. The molecule has 4 aliphatic rings. The Bertz CT molecular complexity index is 1360. The van der Waals surface area contributed by atoms with Crippen molar-refractivity contribution in [2.75, 3.05) is 34.7 Å². The summed E-state index contributed by atoms with van der Waals surface area (Å²) in [6.07, 6.45) is 1.23. The van der Waals surface area contributed by atoms with Crippen LogP contribution in [0.4, 0.5) is 13.2 Å². The zero-order valence-corrected chi connectivity index (χ0v) is 22.6. The van der Waals surface area contributed by atoms with E-state index in [4.69, 9.17) is 4.74 Å². The van der Waals surface area contributed by atoms with Crippen LogP contribution in [0.3, 0.4) is 0 Å². The number of phenolic OH excluding ortho intramolecular Hbond substituents is 1. The van der Waals surface area contributed by atoms with E-state index in [1.807, 2.05) is 6.07 Å². The summed E-state index contributed by atoms with van der Waals surface area (Å²) in [5.41, 5.74) is 1.21. The topological polar surface area (TPSA) is 56.3 Å². The first kappa shape index (κ1) is 26.2. The molecule has 1 saturated heterocycles. The Morgan fingerprint density at radius 3 is 2.67 bits per heavy atom. The third-order valence-corrected chi connectivity index (χ3v) is 9.97. The Morgan fingerprint density at radius 2 is 1.95 bits per heavy atom. The second-order valence-electron chi connectivity index (χ2n) is 11.7. The number of rotatable bonds is 4. The first-order valence-corrected chi connectivity index (χ1v) is 13.4. The molecular weight excluding hydrogens is 507 g/mol. The van der Waals surface area contributed by atoms with Gasteiger partial charge in [0.25, 0.3) is 0 Å². The Labute approximate surface area is 226 Å². The Balaban J connectivity index is 1.37. The van der Waals surface area contributed by atoms with Crippen molar-refractivity contribution in [1.29, 1.82) is 0 Å². The molecule has 208 valence electrons. The smallest absolute Gasteiger partial charge is 0.416 e. The number of carbonyl (C=O) groups excluding carboxylic acids is 1. The number of halogens is 3. The van der Waals surface area contributed by atoms with Crippen LogP contribution in [0, 0.1) is 0 Å². The molecular formula is C30H34F3N3O3. The first-order valence-electron chi connectivity index (χ1n) is 13.4. The number of carbonyl (C=O) groups is 1. The third-order valence-electron chi connectivity index (χ3n) is 9.97. The molecule has 2 aromatic rings. The molecule has 0 aromatic heterocycles. The van der Waals surface area contributed by atoms with Crippen molar-refractivity contribution in [1.82, 2.24) is 14.7 Å². The Kier molecular flexibility index (Phi) is 5.86. The minimum absolute atomic E-state index is 0.125. The summed E-state index contributed by atoms with van der Waals surface area (Å²) in [5.74, 6) is 0.370. The van der Waals surface area contributed by atoms with Gasteiger partial charge in [0, 0.05) is 30.3 Å². The highest BCUT2D eigenvalue weighted by molar-refractivity contribution is 5.92. The Morgan fingerprint density at radius 1 is 1.18 bits per heavy atom. The highest BCUT2D eigenvalue weighted by Crippen LogP contribution is 2.67. The Hall–Kier alpha value is -3.04. The SMILES string of the molecule is CN1CC[C@]23c4c5ccc(O)c4O[C@H]2[C@H](N(C)C(=O)C=Cc2cccc(C(F)(F)F)c2)CC[C@@]3(N(C)C)[C@H]1C5. The van der Waals surface area contributed by atoms with E-state index < -0.39 is 17.2 Å². The van der Waals surface area contributed by atoms with Gasteiger partial charge in [-0.15, -0.1) is 0 Å². The van der Waals surface area contributed by atoms with Gasteiger partial charge in [0.2, 0.25) is 5.91 Å². The molecule has 2 aromatic carbocycles. The monoisotopic (exact) mass is 541 g/mol. The minimum Gasteiger partial charge on any atom is -0.504 e. The largest absolute Gasteiger partial charge is 0.504 e. The fourth-order valence-electron chi connectivity index (χ4n) is 8.31. The van der Waals surface area contributed by atoms with Gasteiger partial charge in [-0.3, -0.25) is 4.79 Å². The molecule has 9 heteroatoms. The summed E-state index contributed by atoms with van der Waals surface area (Å²) in [6, 6.07) is 8.66. The number of hydrogen-bond donors (Lipinski definition) is 1. The zero-order valence-electron chi connectivity index (χ0n) is 22.6. The van der Waals surface area contributed by atoms with Crippen LogP contribution in [0.25, 0.3) is 6.08 Å². The second-order valence-corrected chi connectivity index (χ2v) is 11.7. The molecule has 0 unspecified atom stereocenters. The number of aromatic hydroxyl groups is 1. The second kappa shape index (κ2) is 8.73. The van der Waals surface area contributed by atoms with Gasteiger partial charge in [-0.05, 0) is 88.8 Å². The number of ether oxygens (including phenoxy) is 1. The van der Waals surface area contributed by atoms with Crippen molar-refractivity contribution >= 4 is 12.0 Å². The lowest BCUT2D eigenvalue weighted by molar-refractivity contribution is -0.157. The number of phenols is 1. The molecule has 0 radical (unpaired) electrons. The average Bonchev–Trinajstić information content (AvgIpc) is 3.25. The fraction of sp³-hybridized carbons (Fsp3) is 0.500. The van der Waals surface area contributed by atoms with Crippen molar-refractivity contribution < 1.29 is 27.8 Å². The number of amides is 1. The third kappa shape index (κ3) is 3.51. The quantitative estimate of drug-likeness (QED) is 0.585. The first-order chi connectivity index (χ1) is 18.4.